The molecule has 1 fully saturated rings. The molecule has 2 aliphatic rings. The van der Waals surface area contributed by atoms with Crippen LogP contribution < -0.4 is 15.5 Å². The summed E-state index contributed by atoms with van der Waals surface area (Å²) in [6, 6.07) is 10.6. The summed E-state index contributed by atoms with van der Waals surface area (Å²) in [5, 5.41) is 16.5. The second-order valence-corrected chi connectivity index (χ2v) is 8.59. The Kier molecular flexibility index (Phi) is 4.36. The zero-order chi connectivity index (χ0) is 20.9. The van der Waals surface area contributed by atoms with Crippen molar-refractivity contribution in [2.45, 2.75) is 38.3 Å². The highest BCUT2D eigenvalue weighted by Crippen LogP contribution is 2.50. The summed E-state index contributed by atoms with van der Waals surface area (Å²) in [5.41, 5.74) is 10.9. The molecule has 30 heavy (non-hydrogen) atoms. The van der Waals surface area contributed by atoms with Crippen LogP contribution in [-0.4, -0.2) is 46.3 Å². The molecule has 3 N–H and O–H groups in total. The summed E-state index contributed by atoms with van der Waals surface area (Å²) in [4.78, 5) is 13.5. The molecule has 3 aromatic rings. The fraction of sp³-hybridized carbons (Fsp3) is 0.455. The van der Waals surface area contributed by atoms with Gasteiger partial charge < -0.3 is 15.5 Å². The number of nitriles is 1. The Morgan fingerprint density at radius 2 is 2.10 bits per heavy atom. The molecule has 3 heterocycles. The van der Waals surface area contributed by atoms with Gasteiger partial charge in [-0.2, -0.15) is 10.4 Å². The number of hydrogen-bond acceptors (Lipinski definition) is 7. The van der Waals surface area contributed by atoms with Crippen molar-refractivity contribution in [2.75, 3.05) is 29.9 Å². The van der Waals surface area contributed by atoms with E-state index in [0.717, 1.165) is 38.2 Å². The predicted molar refractivity (Wildman–Crippen MR) is 116 cm³/mol. The molecule has 154 valence electrons. The van der Waals surface area contributed by atoms with Gasteiger partial charge in [0.2, 0.25) is 0 Å². The summed E-state index contributed by atoms with van der Waals surface area (Å²) in [5.74, 6) is 1.50. The Hall–Kier alpha value is -3.18. The van der Waals surface area contributed by atoms with Gasteiger partial charge in [-0.15, -0.1) is 0 Å². The standard InChI is InChI=1S/C22H26N8/c1-14(12-23)29(2)21-18-20(27-28-21)26-17(13-25-18)30-9-7-22(8-10-30)11-15-5-3-4-6-16(15)19(22)24/h3-6,13-14,19H,7-11,24H2,1-2H3,(H,26,27,28)/t14-,19+/m0/s1. The van der Waals surface area contributed by atoms with Crippen LogP contribution >= 0.6 is 0 Å². The molecule has 1 aliphatic carbocycles. The van der Waals surface area contributed by atoms with Gasteiger partial charge in [-0.05, 0) is 42.7 Å². The molecule has 8 heteroatoms. The third-order valence-corrected chi connectivity index (χ3v) is 7.02. The van der Waals surface area contributed by atoms with Crippen molar-refractivity contribution in [1.82, 2.24) is 20.2 Å². The van der Waals surface area contributed by atoms with Gasteiger partial charge in [0.1, 0.15) is 11.9 Å². The number of nitrogens with zero attached hydrogens (tertiary/aromatic N) is 6. The number of fused-ring (bicyclic) bond motifs is 2. The normalized spacial score (nSPS) is 20.9. The molecule has 1 saturated heterocycles. The number of hydrogen-bond donors (Lipinski definition) is 2. The van der Waals surface area contributed by atoms with Gasteiger partial charge in [0, 0.05) is 26.2 Å². The number of H-pyrrole nitrogens is 1. The van der Waals surface area contributed by atoms with E-state index in [-0.39, 0.29) is 17.5 Å². The fourth-order valence-electron chi connectivity index (χ4n) is 4.94. The lowest BCUT2D eigenvalue weighted by Crippen LogP contribution is -2.44. The number of nitrogens with two attached hydrogens (primary N) is 1. The van der Waals surface area contributed by atoms with Gasteiger partial charge in [-0.25, -0.2) is 9.97 Å². The molecule has 1 spiro atoms. The van der Waals surface area contributed by atoms with Gasteiger partial charge in [0.25, 0.3) is 0 Å². The number of piperidine rings is 1. The maximum absolute atomic E-state index is 9.17. The topological polar surface area (TPSA) is 111 Å². The van der Waals surface area contributed by atoms with Gasteiger partial charge in [-0.3, -0.25) is 5.10 Å². The Morgan fingerprint density at radius 3 is 2.83 bits per heavy atom. The number of aromatic amines is 1. The summed E-state index contributed by atoms with van der Waals surface area (Å²) in [6.07, 6.45) is 4.96. The van der Waals surface area contributed by atoms with Gasteiger partial charge in [0.15, 0.2) is 17.0 Å². The van der Waals surface area contributed by atoms with E-state index in [2.05, 4.69) is 50.4 Å². The smallest absolute Gasteiger partial charge is 0.179 e. The van der Waals surface area contributed by atoms with Crippen LogP contribution in [0.5, 0.6) is 0 Å². The maximum Gasteiger partial charge on any atom is 0.179 e. The summed E-state index contributed by atoms with van der Waals surface area (Å²) >= 11 is 0. The highest BCUT2D eigenvalue weighted by Gasteiger charge is 2.45. The number of anilines is 2. The third kappa shape index (κ3) is 2.81. The van der Waals surface area contributed by atoms with Gasteiger partial charge in [0.05, 0.1) is 12.3 Å². The van der Waals surface area contributed by atoms with E-state index in [4.69, 9.17) is 10.7 Å². The zero-order valence-electron chi connectivity index (χ0n) is 17.3. The van der Waals surface area contributed by atoms with Crippen molar-refractivity contribution in [3.63, 3.8) is 0 Å². The monoisotopic (exact) mass is 402 g/mol. The molecule has 5 rings (SSSR count). The Balaban J connectivity index is 1.34. The molecule has 0 bridgehead atoms. The van der Waals surface area contributed by atoms with E-state index in [9.17, 15) is 5.26 Å². The minimum absolute atomic E-state index is 0.109. The zero-order valence-corrected chi connectivity index (χ0v) is 17.3. The van der Waals surface area contributed by atoms with E-state index in [0.29, 0.717) is 17.0 Å². The molecule has 1 aromatic carbocycles. The first-order valence-electron chi connectivity index (χ1n) is 10.4. The Labute approximate surface area is 175 Å². The van der Waals surface area contributed by atoms with E-state index in [1.807, 2.05) is 20.2 Å². The van der Waals surface area contributed by atoms with E-state index >= 15 is 0 Å². The molecular weight excluding hydrogens is 376 g/mol. The van der Waals surface area contributed by atoms with E-state index in [1.54, 1.807) is 4.90 Å². The van der Waals surface area contributed by atoms with Crippen LogP contribution in [0, 0.1) is 16.7 Å². The highest BCUT2D eigenvalue weighted by molar-refractivity contribution is 5.84. The van der Waals surface area contributed by atoms with E-state index < -0.39 is 0 Å². The molecule has 0 radical (unpaired) electrons. The Bertz CT molecular complexity index is 1120. The minimum atomic E-state index is -0.295. The summed E-state index contributed by atoms with van der Waals surface area (Å²) in [6.45, 7) is 3.65. The van der Waals surface area contributed by atoms with Crippen LogP contribution in [0.25, 0.3) is 11.2 Å². The first-order valence-corrected chi connectivity index (χ1v) is 10.4. The van der Waals surface area contributed by atoms with Gasteiger partial charge >= 0.3 is 0 Å². The van der Waals surface area contributed by atoms with Crippen LogP contribution in [0.3, 0.4) is 0 Å². The van der Waals surface area contributed by atoms with Crippen molar-refractivity contribution in [1.29, 1.82) is 5.26 Å². The van der Waals surface area contributed by atoms with Crippen LogP contribution in [0.15, 0.2) is 30.5 Å². The first-order chi connectivity index (χ1) is 14.5. The third-order valence-electron chi connectivity index (χ3n) is 7.02. The average molecular weight is 403 g/mol. The predicted octanol–water partition coefficient (Wildman–Crippen LogP) is 2.54. The second-order valence-electron chi connectivity index (χ2n) is 8.59. The Morgan fingerprint density at radius 1 is 1.33 bits per heavy atom. The van der Waals surface area contributed by atoms with Crippen LogP contribution in [0.4, 0.5) is 11.6 Å². The molecule has 1 aliphatic heterocycles. The van der Waals surface area contributed by atoms with Crippen molar-refractivity contribution < 1.29 is 0 Å². The molecule has 2 aromatic heterocycles. The molecule has 0 amide bonds. The lowest BCUT2D eigenvalue weighted by molar-refractivity contribution is 0.187. The second kappa shape index (κ2) is 6.96. The minimum Gasteiger partial charge on any atom is -0.355 e. The van der Waals surface area contributed by atoms with E-state index in [1.165, 1.54) is 11.1 Å². The fourth-order valence-corrected chi connectivity index (χ4v) is 4.94. The number of rotatable bonds is 3. The molecule has 2 atom stereocenters. The maximum atomic E-state index is 9.17. The van der Waals surface area contributed by atoms with Crippen molar-refractivity contribution in [2.24, 2.45) is 11.1 Å². The molecular formula is C22H26N8. The number of nitrogens with one attached hydrogen (secondary N) is 1. The highest BCUT2D eigenvalue weighted by atomic mass is 15.3. The van der Waals surface area contributed by atoms with Crippen LogP contribution in [-0.2, 0) is 6.42 Å². The first kappa shape index (κ1) is 18.8. The van der Waals surface area contributed by atoms with Gasteiger partial charge in [-0.1, -0.05) is 24.3 Å². The molecule has 0 unspecified atom stereocenters. The van der Waals surface area contributed by atoms with Crippen molar-refractivity contribution in [3.05, 3.63) is 41.6 Å². The summed E-state index contributed by atoms with van der Waals surface area (Å²) in [7, 11) is 1.84. The largest absolute Gasteiger partial charge is 0.355 e. The SMILES string of the molecule is C[C@@H](C#N)N(C)c1n[nH]c2nc(N3CCC4(CC3)Cc3ccccc3[C@H]4N)cnc12. The lowest BCUT2D eigenvalue weighted by Gasteiger charge is -2.42. The van der Waals surface area contributed by atoms with Crippen LogP contribution in [0.2, 0.25) is 0 Å². The molecule has 8 nitrogen and oxygen atoms in total. The summed E-state index contributed by atoms with van der Waals surface area (Å²) < 4.78 is 0. The number of aromatic nitrogens is 4. The average Bonchev–Trinajstić information content (AvgIpc) is 3.32. The molecule has 0 saturated carbocycles. The number of benzene rings is 1. The van der Waals surface area contributed by atoms with Crippen molar-refractivity contribution >= 4 is 22.8 Å². The lowest BCUT2D eigenvalue weighted by atomic mass is 9.73. The van der Waals surface area contributed by atoms with Crippen LogP contribution in [0.1, 0.15) is 36.9 Å². The quantitative estimate of drug-likeness (QED) is 0.692. The van der Waals surface area contributed by atoms with Crippen molar-refractivity contribution in [3.8, 4) is 6.07 Å².